The number of hydrogen-bond acceptors (Lipinski definition) is 7. The topological polar surface area (TPSA) is 103 Å². The number of ether oxygens (including phenoxy) is 1. The smallest absolute Gasteiger partial charge is 0.299 e. The summed E-state index contributed by atoms with van der Waals surface area (Å²) in [5, 5.41) is 4.64. The van der Waals surface area contributed by atoms with E-state index < -0.39 is 15.6 Å². The monoisotopic (exact) mass is 530 g/mol. The fourth-order valence-corrected chi connectivity index (χ4v) is 6.31. The molecule has 3 heterocycles. The molecule has 1 fully saturated rings. The van der Waals surface area contributed by atoms with E-state index in [4.69, 9.17) is 4.74 Å². The van der Waals surface area contributed by atoms with Gasteiger partial charge in [0.25, 0.3) is 5.56 Å². The van der Waals surface area contributed by atoms with Crippen LogP contribution in [-0.2, 0) is 30.0 Å². The predicted molar refractivity (Wildman–Crippen MR) is 144 cm³/mol. The molecule has 202 valence electrons. The third-order valence-corrected chi connectivity index (χ3v) is 8.55. The number of rotatable bonds is 9. The van der Waals surface area contributed by atoms with Crippen molar-refractivity contribution in [2.75, 3.05) is 39.8 Å². The molecular formula is C26H38N6O4S. The van der Waals surface area contributed by atoms with Crippen molar-refractivity contribution in [2.24, 2.45) is 13.0 Å². The number of benzene rings is 1. The lowest BCUT2D eigenvalue weighted by Gasteiger charge is -2.31. The second-order valence-electron chi connectivity index (χ2n) is 10.1. The van der Waals surface area contributed by atoms with Crippen LogP contribution in [0.1, 0.15) is 39.8 Å². The molecule has 0 atom stereocenters. The summed E-state index contributed by atoms with van der Waals surface area (Å²) >= 11 is 0. The number of fused-ring (bicyclic) bond motifs is 1. The Bertz CT molecular complexity index is 1440. The summed E-state index contributed by atoms with van der Waals surface area (Å²) in [4.78, 5) is 20.1. The van der Waals surface area contributed by atoms with Crippen molar-refractivity contribution in [3.05, 3.63) is 34.2 Å². The van der Waals surface area contributed by atoms with Crippen LogP contribution >= 0.6 is 0 Å². The first-order valence-corrected chi connectivity index (χ1v) is 14.4. The maximum Gasteiger partial charge on any atom is 0.299 e. The van der Waals surface area contributed by atoms with Crippen molar-refractivity contribution >= 4 is 21.1 Å². The van der Waals surface area contributed by atoms with Gasteiger partial charge in [-0.3, -0.25) is 9.48 Å². The normalized spacial score (nSPS) is 15.6. The van der Waals surface area contributed by atoms with Crippen LogP contribution in [0.4, 0.5) is 0 Å². The van der Waals surface area contributed by atoms with Crippen molar-refractivity contribution in [3.8, 4) is 17.1 Å². The number of piperazine rings is 1. The van der Waals surface area contributed by atoms with E-state index in [-0.39, 0.29) is 10.8 Å². The molecule has 0 amide bonds. The molecule has 11 heteroatoms. The van der Waals surface area contributed by atoms with Crippen molar-refractivity contribution in [3.63, 3.8) is 0 Å². The van der Waals surface area contributed by atoms with Gasteiger partial charge in [-0.05, 0) is 44.5 Å². The molecule has 1 aliphatic heterocycles. The van der Waals surface area contributed by atoms with Gasteiger partial charge in [0, 0.05) is 39.8 Å². The molecule has 1 aromatic carbocycles. The number of hydrogen-bond donors (Lipinski definition) is 0. The molecule has 0 bridgehead atoms. The maximum atomic E-state index is 13.6. The van der Waals surface area contributed by atoms with Gasteiger partial charge in [-0.25, -0.2) is 8.42 Å². The summed E-state index contributed by atoms with van der Waals surface area (Å²) in [5.41, 5.74) is 2.13. The summed E-state index contributed by atoms with van der Waals surface area (Å²) in [7, 11) is 0.0195. The zero-order chi connectivity index (χ0) is 26.9. The van der Waals surface area contributed by atoms with Gasteiger partial charge in [-0.1, -0.05) is 27.2 Å². The first kappa shape index (κ1) is 27.3. The molecule has 37 heavy (non-hydrogen) atoms. The van der Waals surface area contributed by atoms with Gasteiger partial charge in [-0.2, -0.15) is 14.4 Å². The summed E-state index contributed by atoms with van der Waals surface area (Å²) in [5.74, 6) is 1.13. The van der Waals surface area contributed by atoms with E-state index in [1.165, 1.54) is 4.31 Å². The van der Waals surface area contributed by atoms with Gasteiger partial charge in [0.2, 0.25) is 10.0 Å². The van der Waals surface area contributed by atoms with Gasteiger partial charge in [-0.15, -0.1) is 0 Å². The van der Waals surface area contributed by atoms with E-state index in [0.717, 1.165) is 17.6 Å². The minimum Gasteiger partial charge on any atom is -0.493 e. The Morgan fingerprint density at radius 1 is 1.05 bits per heavy atom. The number of sulfonamides is 1. The van der Waals surface area contributed by atoms with Crippen LogP contribution in [0.25, 0.3) is 22.4 Å². The Labute approximate surface area is 218 Å². The summed E-state index contributed by atoms with van der Waals surface area (Å²) < 4.78 is 38.3. The predicted octanol–water partition coefficient (Wildman–Crippen LogP) is 2.74. The molecule has 0 N–H and O–H groups in total. The zero-order valence-electron chi connectivity index (χ0n) is 22.7. The number of aryl methyl sites for hydroxylation is 2. The third-order valence-electron chi connectivity index (χ3n) is 6.65. The zero-order valence-corrected chi connectivity index (χ0v) is 23.5. The Morgan fingerprint density at radius 3 is 2.38 bits per heavy atom. The van der Waals surface area contributed by atoms with Crippen LogP contribution in [0.2, 0.25) is 0 Å². The Kier molecular flexibility index (Phi) is 8.05. The van der Waals surface area contributed by atoms with E-state index >= 15 is 0 Å². The van der Waals surface area contributed by atoms with Crippen LogP contribution in [-0.4, -0.2) is 76.8 Å². The quantitative estimate of drug-likeness (QED) is 0.419. The molecule has 0 saturated carbocycles. The summed E-state index contributed by atoms with van der Waals surface area (Å²) in [6, 6.07) is 4.87. The molecule has 0 unspecified atom stereocenters. The van der Waals surface area contributed by atoms with Crippen molar-refractivity contribution < 1.29 is 13.2 Å². The first-order valence-electron chi connectivity index (χ1n) is 13.0. The average molecular weight is 531 g/mol. The molecule has 10 nitrogen and oxygen atoms in total. The van der Waals surface area contributed by atoms with E-state index in [9.17, 15) is 13.2 Å². The largest absolute Gasteiger partial charge is 0.493 e. The highest BCUT2D eigenvalue weighted by Crippen LogP contribution is 2.34. The lowest BCUT2D eigenvalue weighted by atomic mass is 10.1. The number of aromatic nitrogens is 4. The SMILES string of the molecule is CCCc1nn(C)c2c(=O)nc(-c3cc(S(=O)(=O)N4CCN(C)CC4)ccc3OCC)n(CC(C)C)c12. The molecule has 1 saturated heterocycles. The highest BCUT2D eigenvalue weighted by molar-refractivity contribution is 7.89. The lowest BCUT2D eigenvalue weighted by molar-refractivity contribution is 0.222. The van der Waals surface area contributed by atoms with Gasteiger partial charge in [0.05, 0.1) is 28.3 Å². The van der Waals surface area contributed by atoms with Crippen LogP contribution in [0.15, 0.2) is 27.9 Å². The minimum atomic E-state index is -3.73. The van der Waals surface area contributed by atoms with E-state index in [1.807, 2.05) is 18.5 Å². The Morgan fingerprint density at radius 2 is 1.76 bits per heavy atom. The summed E-state index contributed by atoms with van der Waals surface area (Å²) in [6.07, 6.45) is 1.59. The van der Waals surface area contributed by atoms with E-state index in [2.05, 4.69) is 35.8 Å². The number of nitrogens with zero attached hydrogens (tertiary/aromatic N) is 6. The van der Waals surface area contributed by atoms with Crippen LogP contribution in [0, 0.1) is 5.92 Å². The van der Waals surface area contributed by atoms with Gasteiger partial charge < -0.3 is 14.2 Å². The molecule has 2 aromatic heterocycles. The fourth-order valence-electron chi connectivity index (χ4n) is 4.86. The Hall–Kier alpha value is -2.76. The van der Waals surface area contributed by atoms with Crippen molar-refractivity contribution in [1.82, 2.24) is 28.5 Å². The van der Waals surface area contributed by atoms with Crippen LogP contribution in [0.5, 0.6) is 5.75 Å². The van der Waals surface area contributed by atoms with Gasteiger partial charge in [0.1, 0.15) is 11.6 Å². The molecule has 1 aliphatic rings. The number of likely N-dealkylation sites (N-methyl/N-ethyl adjacent to an activating group) is 1. The highest BCUT2D eigenvalue weighted by Gasteiger charge is 2.29. The van der Waals surface area contributed by atoms with Crippen molar-refractivity contribution in [2.45, 2.75) is 52.0 Å². The van der Waals surface area contributed by atoms with Crippen LogP contribution < -0.4 is 10.3 Å². The summed E-state index contributed by atoms with van der Waals surface area (Å²) in [6.45, 7) is 11.3. The minimum absolute atomic E-state index is 0.168. The molecule has 0 aliphatic carbocycles. The Balaban J connectivity index is 1.98. The second-order valence-corrected chi connectivity index (χ2v) is 12.0. The van der Waals surface area contributed by atoms with Gasteiger partial charge >= 0.3 is 0 Å². The van der Waals surface area contributed by atoms with E-state index in [1.54, 1.807) is 29.9 Å². The molecule has 0 spiro atoms. The van der Waals surface area contributed by atoms with Gasteiger partial charge in [0.15, 0.2) is 5.52 Å². The highest BCUT2D eigenvalue weighted by atomic mass is 32.2. The third kappa shape index (κ3) is 5.30. The van der Waals surface area contributed by atoms with Crippen LogP contribution in [0.3, 0.4) is 0 Å². The molecule has 0 radical (unpaired) electrons. The standard InChI is InChI=1S/C26H38N6O4S/c1-7-9-21-23-24(30(6)28-21)26(33)27-25(32(23)17-18(3)4)20-16-19(10-11-22(20)36-8-2)37(34,35)31-14-12-29(5)13-15-31/h10-11,16,18H,7-9,12-15,17H2,1-6H3. The maximum absolute atomic E-state index is 13.6. The van der Waals surface area contributed by atoms with E-state index in [0.29, 0.717) is 68.4 Å². The second kappa shape index (κ2) is 10.9. The average Bonchev–Trinajstić information content (AvgIpc) is 3.18. The molecule has 3 aromatic rings. The molecular weight excluding hydrogens is 492 g/mol. The lowest BCUT2D eigenvalue weighted by Crippen LogP contribution is -2.47. The molecule has 4 rings (SSSR count). The fraction of sp³-hybridized carbons (Fsp3) is 0.577. The van der Waals surface area contributed by atoms with Crippen molar-refractivity contribution in [1.29, 1.82) is 0 Å². The first-order chi connectivity index (χ1) is 17.6.